The Kier molecular flexibility index (Phi) is 6.01. The molecule has 0 aromatic heterocycles. The highest BCUT2D eigenvalue weighted by molar-refractivity contribution is 6.04. The van der Waals surface area contributed by atoms with E-state index in [4.69, 9.17) is 9.84 Å². The minimum atomic E-state index is -0.728. The van der Waals surface area contributed by atoms with Crippen molar-refractivity contribution in [3.05, 3.63) is 64.7 Å². The second kappa shape index (κ2) is 8.44. The van der Waals surface area contributed by atoms with Crippen molar-refractivity contribution in [2.24, 2.45) is 0 Å². The van der Waals surface area contributed by atoms with Gasteiger partial charge in [0.15, 0.2) is 11.6 Å². The Morgan fingerprint density at radius 3 is 2.52 bits per heavy atom. The molecule has 0 spiro atoms. The summed E-state index contributed by atoms with van der Waals surface area (Å²) in [6.45, 7) is 0.976. The average Bonchev–Trinajstić information content (AvgIpc) is 3.09. The van der Waals surface area contributed by atoms with Gasteiger partial charge in [-0.3, -0.25) is 9.59 Å². The predicted molar refractivity (Wildman–Crippen MR) is 100 cm³/mol. The fourth-order valence-electron chi connectivity index (χ4n) is 3.55. The lowest BCUT2D eigenvalue weighted by Gasteiger charge is -2.16. The number of rotatable bonds is 8. The highest BCUT2D eigenvalue weighted by Gasteiger charge is 2.38. The Bertz CT molecular complexity index is 832. The summed E-state index contributed by atoms with van der Waals surface area (Å²) in [7, 11) is 0. The summed E-state index contributed by atoms with van der Waals surface area (Å²) in [5.74, 6) is -0.279. The van der Waals surface area contributed by atoms with Gasteiger partial charge in [0.1, 0.15) is 18.5 Å². The number of hydrogen-bond acceptors (Lipinski definition) is 4. The van der Waals surface area contributed by atoms with Crippen molar-refractivity contribution >= 4 is 11.6 Å². The first-order valence-corrected chi connectivity index (χ1v) is 9.23. The summed E-state index contributed by atoms with van der Waals surface area (Å²) in [4.78, 5) is 25.0. The van der Waals surface area contributed by atoms with Gasteiger partial charge in [-0.05, 0) is 24.1 Å². The number of aliphatic hydroxyl groups excluding tert-OH is 1. The lowest BCUT2D eigenvalue weighted by molar-refractivity contribution is 0.0971. The molecule has 4 nitrogen and oxygen atoms in total. The van der Waals surface area contributed by atoms with E-state index in [1.54, 1.807) is 19.1 Å². The molecule has 142 valence electrons. The third-order valence-corrected chi connectivity index (χ3v) is 4.91. The number of hydrogen-bond donors (Lipinski definition) is 1. The van der Waals surface area contributed by atoms with E-state index in [1.165, 1.54) is 0 Å². The number of fused-ring (bicyclic) bond motifs is 1. The quantitative estimate of drug-likeness (QED) is 0.711. The molecular formula is C22H23FO4. The molecule has 0 saturated carbocycles. The number of carbonyl (C=O) groups excluding carboxylic acids is 2. The van der Waals surface area contributed by atoms with E-state index in [-0.39, 0.29) is 36.9 Å². The molecule has 0 bridgehead atoms. The van der Waals surface area contributed by atoms with Crippen LogP contribution in [-0.2, 0) is 0 Å². The molecule has 2 aromatic rings. The van der Waals surface area contributed by atoms with E-state index in [0.717, 1.165) is 5.56 Å². The maximum atomic E-state index is 13.7. The van der Waals surface area contributed by atoms with Crippen LogP contribution in [0.5, 0.6) is 5.75 Å². The van der Waals surface area contributed by atoms with Gasteiger partial charge >= 0.3 is 0 Å². The van der Waals surface area contributed by atoms with Gasteiger partial charge in [-0.25, -0.2) is 4.39 Å². The number of ether oxygens (including phenoxy) is 1. The van der Waals surface area contributed by atoms with Gasteiger partial charge in [0.2, 0.25) is 0 Å². The third kappa shape index (κ3) is 3.78. The number of aliphatic hydroxyl groups is 1. The lowest BCUT2D eigenvalue weighted by Crippen LogP contribution is -2.22. The monoisotopic (exact) mass is 370 g/mol. The smallest absolute Gasteiger partial charge is 0.166 e. The van der Waals surface area contributed by atoms with Crippen LogP contribution in [0.4, 0.5) is 4.39 Å². The summed E-state index contributed by atoms with van der Waals surface area (Å²) < 4.78 is 19.6. The van der Waals surface area contributed by atoms with Gasteiger partial charge in [-0.15, -0.1) is 0 Å². The van der Waals surface area contributed by atoms with E-state index >= 15 is 0 Å². The number of alkyl halides is 1. The third-order valence-electron chi connectivity index (χ3n) is 4.91. The molecule has 1 heterocycles. The Balaban J connectivity index is 2.13. The van der Waals surface area contributed by atoms with Crippen LogP contribution in [0.1, 0.15) is 63.9 Å². The van der Waals surface area contributed by atoms with Crippen LogP contribution in [0.25, 0.3) is 0 Å². The van der Waals surface area contributed by atoms with Crippen molar-refractivity contribution < 1.29 is 23.8 Å². The number of carbonyl (C=O) groups is 2. The first-order chi connectivity index (χ1) is 13.1. The van der Waals surface area contributed by atoms with Crippen molar-refractivity contribution in [2.75, 3.05) is 13.3 Å². The van der Waals surface area contributed by atoms with Crippen LogP contribution in [0.2, 0.25) is 0 Å². The molecule has 5 heteroatoms. The Morgan fingerprint density at radius 2 is 1.89 bits per heavy atom. The second-order valence-corrected chi connectivity index (χ2v) is 6.67. The van der Waals surface area contributed by atoms with Gasteiger partial charge in [0.05, 0.1) is 11.5 Å². The summed E-state index contributed by atoms with van der Waals surface area (Å²) in [6.07, 6.45) is 0.0888. The zero-order valence-electron chi connectivity index (χ0n) is 15.3. The molecule has 0 radical (unpaired) electrons. The van der Waals surface area contributed by atoms with Crippen LogP contribution in [0, 0.1) is 0 Å². The molecule has 1 aliphatic rings. The normalized spacial score (nSPS) is 18.0. The molecule has 0 saturated heterocycles. The van der Waals surface area contributed by atoms with Gasteiger partial charge in [0.25, 0.3) is 0 Å². The maximum Gasteiger partial charge on any atom is 0.166 e. The van der Waals surface area contributed by atoms with Crippen molar-refractivity contribution in [1.82, 2.24) is 0 Å². The molecule has 27 heavy (non-hydrogen) atoms. The number of halogens is 1. The van der Waals surface area contributed by atoms with Crippen LogP contribution >= 0.6 is 0 Å². The first kappa shape index (κ1) is 19.2. The van der Waals surface area contributed by atoms with Gasteiger partial charge in [-0.1, -0.05) is 37.3 Å². The standard InChI is InChI=1S/C22H23FO4/c1-2-18(25)16-11-15(19(26)9-6-10-24)12-17-21(14-7-4-3-5-8-14)20(13-23)27-22(16)17/h3-5,7-8,11-12,20-21,24H,2,6,9-10,13H2,1H3/t20-,21+/m1/s1. The molecule has 0 unspecified atom stereocenters. The minimum Gasteiger partial charge on any atom is -0.486 e. The van der Waals surface area contributed by atoms with Crippen molar-refractivity contribution in [3.8, 4) is 5.75 Å². The van der Waals surface area contributed by atoms with Gasteiger partial charge < -0.3 is 9.84 Å². The second-order valence-electron chi connectivity index (χ2n) is 6.67. The molecule has 1 N–H and O–H groups in total. The predicted octanol–water partition coefficient (Wildman–Crippen LogP) is 4.10. The van der Waals surface area contributed by atoms with Crippen LogP contribution in [0.15, 0.2) is 42.5 Å². The largest absolute Gasteiger partial charge is 0.486 e. The topological polar surface area (TPSA) is 63.6 Å². The van der Waals surface area contributed by atoms with Crippen molar-refractivity contribution in [2.45, 2.75) is 38.2 Å². The molecule has 0 aliphatic carbocycles. The van der Waals surface area contributed by atoms with Gasteiger partial charge in [0, 0.05) is 30.6 Å². The highest BCUT2D eigenvalue weighted by Crippen LogP contribution is 2.45. The van der Waals surface area contributed by atoms with E-state index in [9.17, 15) is 14.0 Å². The SMILES string of the molecule is CCC(=O)c1cc(C(=O)CCCO)cc2c1O[C@H](CF)[C@H]2c1ccccc1. The maximum absolute atomic E-state index is 13.7. The molecule has 3 rings (SSSR count). The average molecular weight is 370 g/mol. The summed E-state index contributed by atoms with van der Waals surface area (Å²) in [5.41, 5.74) is 2.30. The zero-order valence-corrected chi connectivity index (χ0v) is 15.3. The fourth-order valence-corrected chi connectivity index (χ4v) is 3.55. The number of ketones is 2. The molecule has 0 fully saturated rings. The number of benzene rings is 2. The summed E-state index contributed by atoms with van der Waals surface area (Å²) in [5, 5.41) is 8.99. The van der Waals surface area contributed by atoms with Crippen LogP contribution < -0.4 is 4.74 Å². The minimum absolute atomic E-state index is 0.0723. The van der Waals surface area contributed by atoms with E-state index in [1.807, 2.05) is 30.3 Å². The van der Waals surface area contributed by atoms with Gasteiger partial charge in [-0.2, -0.15) is 0 Å². The Labute approximate surface area is 158 Å². The van der Waals surface area contributed by atoms with E-state index in [2.05, 4.69) is 0 Å². The van der Waals surface area contributed by atoms with E-state index in [0.29, 0.717) is 28.9 Å². The first-order valence-electron chi connectivity index (χ1n) is 9.23. The lowest BCUT2D eigenvalue weighted by atomic mass is 9.85. The summed E-state index contributed by atoms with van der Waals surface area (Å²) >= 11 is 0. The van der Waals surface area contributed by atoms with Crippen LogP contribution in [0.3, 0.4) is 0 Å². The van der Waals surface area contributed by atoms with Crippen LogP contribution in [-0.4, -0.2) is 36.1 Å². The van der Waals surface area contributed by atoms with E-state index < -0.39 is 12.8 Å². The number of Topliss-reactive ketones (excluding diaryl/α,β-unsaturated/α-hetero) is 2. The van der Waals surface area contributed by atoms with Crippen molar-refractivity contribution in [3.63, 3.8) is 0 Å². The zero-order chi connectivity index (χ0) is 19.4. The Hall–Kier alpha value is -2.53. The highest BCUT2D eigenvalue weighted by atomic mass is 19.1. The molecule has 0 amide bonds. The molecule has 1 aliphatic heterocycles. The molecule has 2 atom stereocenters. The molecular weight excluding hydrogens is 347 g/mol. The molecule has 2 aromatic carbocycles. The fraction of sp³-hybridized carbons (Fsp3) is 0.364. The summed E-state index contributed by atoms with van der Waals surface area (Å²) in [6, 6.07) is 12.7. The van der Waals surface area contributed by atoms with Crippen molar-refractivity contribution in [1.29, 1.82) is 0 Å². The Morgan fingerprint density at radius 1 is 1.15 bits per heavy atom.